The maximum Gasteiger partial charge on any atom is 0.412 e. The van der Waals surface area contributed by atoms with Crippen LogP contribution in [0.15, 0.2) is 109 Å². The van der Waals surface area contributed by atoms with Crippen molar-refractivity contribution >= 4 is 18.0 Å². The summed E-state index contributed by atoms with van der Waals surface area (Å²) < 4.78 is 25.0. The average molecular weight is 671 g/mol. The Hall–Kier alpha value is -4.98. The highest BCUT2D eigenvalue weighted by Gasteiger charge is 2.19. The fourth-order valence-electron chi connectivity index (χ4n) is 4.45. The van der Waals surface area contributed by atoms with Gasteiger partial charge in [0.15, 0.2) is 0 Å². The van der Waals surface area contributed by atoms with Gasteiger partial charge in [0, 0.05) is 25.1 Å². The van der Waals surface area contributed by atoms with Gasteiger partial charge >= 0.3 is 12.1 Å². The Kier molecular flexibility index (Phi) is 20.6. The lowest BCUT2D eigenvalue weighted by molar-refractivity contribution is -0.120. The van der Waals surface area contributed by atoms with Crippen LogP contribution in [-0.2, 0) is 9.53 Å². The molecule has 0 atom stereocenters. The van der Waals surface area contributed by atoms with Gasteiger partial charge in [0.1, 0.15) is 17.1 Å². The van der Waals surface area contributed by atoms with Crippen molar-refractivity contribution in [2.45, 2.75) is 72.1 Å². The van der Waals surface area contributed by atoms with Crippen molar-refractivity contribution in [3.8, 4) is 16.9 Å². The first-order valence-corrected chi connectivity index (χ1v) is 17.1. The van der Waals surface area contributed by atoms with Gasteiger partial charge in [0.05, 0.1) is 6.61 Å². The van der Waals surface area contributed by atoms with Crippen LogP contribution < -0.4 is 15.4 Å². The molecule has 0 unspecified atom stereocenters. The second-order valence-corrected chi connectivity index (χ2v) is 11.0. The van der Waals surface area contributed by atoms with Gasteiger partial charge in [0.2, 0.25) is 5.91 Å². The van der Waals surface area contributed by atoms with Crippen LogP contribution in [-0.4, -0.2) is 37.7 Å². The minimum absolute atomic E-state index is 0.00261. The van der Waals surface area contributed by atoms with E-state index in [1.54, 1.807) is 32.0 Å². The van der Waals surface area contributed by atoms with E-state index in [9.17, 15) is 18.8 Å². The van der Waals surface area contributed by atoms with E-state index in [4.69, 9.17) is 9.47 Å². The van der Waals surface area contributed by atoms with E-state index in [1.165, 1.54) is 18.2 Å². The van der Waals surface area contributed by atoms with Gasteiger partial charge in [-0.2, -0.15) is 0 Å². The monoisotopic (exact) mass is 670 g/mol. The molecule has 2 N–H and O–H groups in total. The fraction of sp³-hybridized carbons (Fsp3) is 0.341. The van der Waals surface area contributed by atoms with Crippen molar-refractivity contribution in [2.75, 3.05) is 19.7 Å². The lowest BCUT2D eigenvalue weighted by Gasteiger charge is -2.13. The van der Waals surface area contributed by atoms with Crippen LogP contribution in [0.5, 0.6) is 5.75 Å². The van der Waals surface area contributed by atoms with Crippen LogP contribution in [0.4, 0.5) is 9.18 Å². The molecule has 7 nitrogen and oxygen atoms in total. The maximum absolute atomic E-state index is 14.5. The Labute approximate surface area is 291 Å². The van der Waals surface area contributed by atoms with Gasteiger partial charge in [-0.05, 0) is 88.1 Å². The Morgan fingerprint density at radius 1 is 0.714 bits per heavy atom. The number of nitrogens with one attached hydrogen (secondary N) is 2. The minimum Gasteiger partial charge on any atom is -0.462 e. The molecule has 0 fully saturated rings. The number of amides is 2. The number of carbonyl (C=O) groups is 3. The molecule has 262 valence electrons. The van der Waals surface area contributed by atoms with Crippen molar-refractivity contribution in [1.82, 2.24) is 10.6 Å². The first-order valence-electron chi connectivity index (χ1n) is 17.1. The van der Waals surface area contributed by atoms with E-state index in [0.29, 0.717) is 24.0 Å². The van der Waals surface area contributed by atoms with Gasteiger partial charge in [-0.15, -0.1) is 0 Å². The molecule has 0 aliphatic heterocycles. The number of hydrogen-bond acceptors (Lipinski definition) is 5. The molecule has 0 saturated carbocycles. The van der Waals surface area contributed by atoms with E-state index < -0.39 is 17.9 Å². The molecule has 0 bridgehead atoms. The Bertz CT molecular complexity index is 1500. The molecule has 0 aromatic heterocycles. The van der Waals surface area contributed by atoms with Gasteiger partial charge < -0.3 is 20.1 Å². The molecule has 2 aromatic carbocycles. The predicted molar refractivity (Wildman–Crippen MR) is 197 cm³/mol. The summed E-state index contributed by atoms with van der Waals surface area (Å²) in [6, 6.07) is 9.23. The summed E-state index contributed by atoms with van der Waals surface area (Å²) in [5.74, 6) is -1.27. The highest BCUT2D eigenvalue weighted by molar-refractivity contribution is 5.95. The maximum atomic E-state index is 14.5. The Morgan fingerprint density at radius 2 is 1.29 bits per heavy atom. The van der Waals surface area contributed by atoms with Crippen LogP contribution in [0.25, 0.3) is 11.1 Å². The molecule has 0 saturated heterocycles. The van der Waals surface area contributed by atoms with Gasteiger partial charge in [-0.3, -0.25) is 4.79 Å². The van der Waals surface area contributed by atoms with Gasteiger partial charge in [-0.1, -0.05) is 98.0 Å². The lowest BCUT2D eigenvalue weighted by atomic mass is 10.0. The number of carbonyl (C=O) groups excluding carboxylic acids is 3. The van der Waals surface area contributed by atoms with Crippen LogP contribution >= 0.6 is 0 Å². The van der Waals surface area contributed by atoms with Crippen molar-refractivity contribution < 1.29 is 28.2 Å². The molecule has 8 heteroatoms. The van der Waals surface area contributed by atoms with Crippen LogP contribution in [0.1, 0.15) is 81.1 Å². The fourth-order valence-corrected chi connectivity index (χ4v) is 4.45. The Balaban J connectivity index is 1.62. The van der Waals surface area contributed by atoms with Crippen LogP contribution in [0, 0.1) is 12.7 Å². The van der Waals surface area contributed by atoms with E-state index >= 15 is 0 Å². The Morgan fingerprint density at radius 3 is 1.86 bits per heavy atom. The number of hydrogen-bond donors (Lipinski definition) is 2. The zero-order valence-electron chi connectivity index (χ0n) is 29.1. The molecule has 0 radical (unpaired) electrons. The molecule has 0 heterocycles. The third kappa shape index (κ3) is 17.7. The van der Waals surface area contributed by atoms with Crippen LogP contribution in [0.3, 0.4) is 0 Å². The first kappa shape index (κ1) is 40.2. The summed E-state index contributed by atoms with van der Waals surface area (Å²) in [5, 5.41) is 5.31. The average Bonchev–Trinajstić information content (AvgIpc) is 3.08. The molecule has 49 heavy (non-hydrogen) atoms. The molecule has 0 spiro atoms. The molecule has 0 aliphatic carbocycles. The third-order valence-corrected chi connectivity index (χ3v) is 6.96. The van der Waals surface area contributed by atoms with Crippen molar-refractivity contribution in [2.24, 2.45) is 0 Å². The number of allylic oxidation sites excluding steroid dienone is 12. The molecular formula is C41H51FN2O5. The second-order valence-electron chi connectivity index (χ2n) is 11.0. The van der Waals surface area contributed by atoms with Crippen molar-refractivity contribution in [1.29, 1.82) is 0 Å². The minimum atomic E-state index is -0.799. The van der Waals surface area contributed by atoms with Crippen molar-refractivity contribution in [3.05, 3.63) is 126 Å². The smallest absolute Gasteiger partial charge is 0.412 e. The molecule has 2 amide bonds. The summed E-state index contributed by atoms with van der Waals surface area (Å²) in [5.41, 5.74) is 1.52. The summed E-state index contributed by atoms with van der Waals surface area (Å²) in [6.45, 7) is 6.05. The number of benzene rings is 2. The molecule has 2 rings (SSSR count). The number of ether oxygens (including phenoxy) is 2. The third-order valence-electron chi connectivity index (χ3n) is 6.96. The van der Waals surface area contributed by atoms with Gasteiger partial charge in [0.25, 0.3) is 0 Å². The second kappa shape index (κ2) is 25.1. The largest absolute Gasteiger partial charge is 0.462 e. The quantitative estimate of drug-likeness (QED) is 0.0784. The number of rotatable bonds is 21. The molecule has 2 aromatic rings. The van der Waals surface area contributed by atoms with Crippen molar-refractivity contribution in [3.63, 3.8) is 0 Å². The van der Waals surface area contributed by atoms with E-state index in [0.717, 1.165) is 44.1 Å². The summed E-state index contributed by atoms with van der Waals surface area (Å²) in [4.78, 5) is 37.1. The normalized spacial score (nSPS) is 11.9. The highest BCUT2D eigenvalue weighted by atomic mass is 19.1. The molecule has 0 aliphatic rings. The zero-order chi connectivity index (χ0) is 35.5. The number of esters is 1. The first-order chi connectivity index (χ1) is 23.8. The predicted octanol–water partition coefficient (Wildman–Crippen LogP) is 9.66. The van der Waals surface area contributed by atoms with E-state index in [2.05, 4.69) is 78.3 Å². The SMILES string of the molecule is CCC=CCC=CCC=CCC=CCC=CCC=CCCC(=O)NCCNC(=O)Oc1ccc(-c2ccc(C)cc2F)cc1C(=O)OCC. The molecular weight excluding hydrogens is 619 g/mol. The summed E-state index contributed by atoms with van der Waals surface area (Å²) in [7, 11) is 0. The van der Waals surface area contributed by atoms with E-state index in [-0.39, 0.29) is 36.9 Å². The zero-order valence-corrected chi connectivity index (χ0v) is 29.1. The summed E-state index contributed by atoms with van der Waals surface area (Å²) >= 11 is 0. The summed E-state index contributed by atoms with van der Waals surface area (Å²) in [6.07, 6.45) is 31.5. The highest BCUT2D eigenvalue weighted by Crippen LogP contribution is 2.29. The standard InChI is InChI=1S/C41H51FN2O5/c1-4-6-7-8-9-10-11-12-13-14-15-16-17-18-19-20-21-22-23-24-39(45)43-29-30-44-41(47)49-38-28-26-34(32-36(38)40(46)48-5-2)35-27-25-33(3)31-37(35)42/h6-7,9-10,12-13,15-16,18-19,21-22,25-28,31-32H,4-5,8,11,14,17,20,23-24,29-30H2,1-3H3,(H,43,45)(H,44,47). The van der Waals surface area contributed by atoms with Crippen LogP contribution in [0.2, 0.25) is 0 Å². The number of halogens is 1. The van der Waals surface area contributed by atoms with E-state index in [1.807, 2.05) is 12.2 Å². The number of aryl methyl sites for hydroxylation is 1. The lowest BCUT2D eigenvalue weighted by Crippen LogP contribution is -2.36. The van der Waals surface area contributed by atoms with Gasteiger partial charge in [-0.25, -0.2) is 14.0 Å². The topological polar surface area (TPSA) is 93.7 Å².